The summed E-state index contributed by atoms with van der Waals surface area (Å²) in [6.07, 6.45) is 6.97. The second-order valence-corrected chi connectivity index (χ2v) is 12.9. The lowest BCUT2D eigenvalue weighted by Gasteiger charge is -2.32. The summed E-state index contributed by atoms with van der Waals surface area (Å²) in [7, 11) is 1.42. The maximum atomic E-state index is 14.4. The van der Waals surface area contributed by atoms with E-state index in [9.17, 15) is 13.6 Å². The van der Waals surface area contributed by atoms with E-state index in [4.69, 9.17) is 19.4 Å². The summed E-state index contributed by atoms with van der Waals surface area (Å²) in [6, 6.07) is 22.1. The maximum Gasteiger partial charge on any atom is 0.259 e. The zero-order valence-corrected chi connectivity index (χ0v) is 29.9. The molecule has 272 valence electrons. The Labute approximate surface area is 306 Å². The molecule has 6 aromatic rings. The standard InChI is InChI=1S/C41H41F2N7O3/c1-4-20-49-22-17-26(18-23-49)27-12-14-32(35(25-27)53-5-2)45-41-44-19-16-33(46-41)39-37(47-36-11-6-7-21-50(36)39)28-13-15-34(52-3)29(24-28)40(51)48-38-30(42)9-8-10-31(38)43/h6-16,19,21,24-26H,4-5,17-18,20,22-23H2,1-3H3,(H,48,51)(H,44,45,46). The quantitative estimate of drug-likeness (QED) is 0.130. The normalized spacial score (nSPS) is 13.6. The van der Waals surface area contributed by atoms with Crippen LogP contribution in [0.25, 0.3) is 28.3 Å². The molecule has 10 nitrogen and oxygen atoms in total. The molecule has 0 aliphatic carbocycles. The molecule has 7 rings (SSSR count). The van der Waals surface area contributed by atoms with E-state index in [0.29, 0.717) is 46.8 Å². The van der Waals surface area contributed by atoms with Crippen LogP contribution in [0, 0.1) is 11.6 Å². The number of aromatic nitrogens is 4. The Hall–Kier alpha value is -5.88. The highest BCUT2D eigenvalue weighted by Crippen LogP contribution is 2.37. The number of imidazole rings is 1. The average molecular weight is 718 g/mol. The maximum absolute atomic E-state index is 14.4. The first-order chi connectivity index (χ1) is 25.9. The Morgan fingerprint density at radius 2 is 1.74 bits per heavy atom. The van der Waals surface area contributed by atoms with Gasteiger partial charge in [-0.15, -0.1) is 0 Å². The van der Waals surface area contributed by atoms with Gasteiger partial charge in [0.25, 0.3) is 5.91 Å². The number of rotatable bonds is 12. The van der Waals surface area contributed by atoms with Gasteiger partial charge in [0.2, 0.25) is 5.95 Å². The van der Waals surface area contributed by atoms with E-state index in [1.54, 1.807) is 30.5 Å². The molecule has 1 aliphatic rings. The van der Waals surface area contributed by atoms with Crippen molar-refractivity contribution in [3.8, 4) is 34.1 Å². The number of carbonyl (C=O) groups excluding carboxylic acids is 1. The summed E-state index contributed by atoms with van der Waals surface area (Å²) in [5, 5.41) is 5.73. The summed E-state index contributed by atoms with van der Waals surface area (Å²) in [5.74, 6) is -0.722. The molecule has 0 atom stereocenters. The van der Waals surface area contributed by atoms with Crippen molar-refractivity contribution in [1.82, 2.24) is 24.3 Å². The van der Waals surface area contributed by atoms with Gasteiger partial charge in [0, 0.05) is 18.0 Å². The van der Waals surface area contributed by atoms with Gasteiger partial charge in [-0.1, -0.05) is 25.1 Å². The Balaban J connectivity index is 1.22. The van der Waals surface area contributed by atoms with Gasteiger partial charge in [-0.25, -0.2) is 23.7 Å². The summed E-state index contributed by atoms with van der Waals surface area (Å²) in [6.45, 7) is 8.06. The van der Waals surface area contributed by atoms with Crippen LogP contribution < -0.4 is 20.1 Å². The number of methoxy groups -OCH3 is 1. The topological polar surface area (TPSA) is 106 Å². The van der Waals surface area contributed by atoms with Crippen molar-refractivity contribution in [2.75, 3.05) is 44.0 Å². The van der Waals surface area contributed by atoms with E-state index in [-0.39, 0.29) is 11.3 Å². The van der Waals surface area contributed by atoms with Crippen molar-refractivity contribution in [3.05, 3.63) is 114 Å². The fraction of sp³-hybridized carbons (Fsp3) is 0.268. The number of hydrogen-bond acceptors (Lipinski definition) is 8. The third kappa shape index (κ3) is 7.54. The van der Waals surface area contributed by atoms with Crippen LogP contribution in [0.5, 0.6) is 11.5 Å². The number of ether oxygens (including phenoxy) is 2. The first-order valence-corrected chi connectivity index (χ1v) is 17.9. The Bertz CT molecular complexity index is 2230. The van der Waals surface area contributed by atoms with E-state index < -0.39 is 23.2 Å². The molecule has 12 heteroatoms. The van der Waals surface area contributed by atoms with Crippen LogP contribution in [0.1, 0.15) is 54.9 Å². The lowest BCUT2D eigenvalue weighted by Crippen LogP contribution is -2.33. The van der Waals surface area contributed by atoms with Crippen molar-refractivity contribution in [1.29, 1.82) is 0 Å². The lowest BCUT2D eigenvalue weighted by molar-refractivity contribution is 0.102. The van der Waals surface area contributed by atoms with Crippen LogP contribution in [-0.2, 0) is 0 Å². The van der Waals surface area contributed by atoms with E-state index in [1.165, 1.54) is 25.2 Å². The van der Waals surface area contributed by atoms with Gasteiger partial charge in [0.15, 0.2) is 0 Å². The fourth-order valence-corrected chi connectivity index (χ4v) is 6.92. The summed E-state index contributed by atoms with van der Waals surface area (Å²) in [5.41, 5.74) is 4.50. The lowest BCUT2D eigenvalue weighted by atomic mass is 9.89. The van der Waals surface area contributed by atoms with Crippen molar-refractivity contribution in [2.45, 2.75) is 39.0 Å². The molecule has 1 amide bonds. The average Bonchev–Trinajstić information content (AvgIpc) is 3.57. The smallest absolute Gasteiger partial charge is 0.259 e. The number of pyridine rings is 1. The van der Waals surface area contributed by atoms with Gasteiger partial charge in [-0.3, -0.25) is 9.20 Å². The van der Waals surface area contributed by atoms with Crippen molar-refractivity contribution in [2.24, 2.45) is 0 Å². The zero-order chi connectivity index (χ0) is 36.9. The van der Waals surface area contributed by atoms with E-state index in [1.807, 2.05) is 41.8 Å². The number of amides is 1. The number of carbonyl (C=O) groups is 1. The van der Waals surface area contributed by atoms with E-state index >= 15 is 0 Å². The van der Waals surface area contributed by atoms with Crippen LogP contribution in [0.4, 0.5) is 26.1 Å². The predicted molar refractivity (Wildman–Crippen MR) is 202 cm³/mol. The summed E-state index contributed by atoms with van der Waals surface area (Å²) in [4.78, 5) is 30.4. The second-order valence-electron chi connectivity index (χ2n) is 12.9. The molecule has 0 spiro atoms. The van der Waals surface area contributed by atoms with E-state index in [2.05, 4.69) is 39.6 Å². The molecule has 0 saturated carbocycles. The SMILES string of the molecule is CCCN1CCC(c2ccc(Nc3nccc(-c4c(-c5ccc(OC)c(C(=O)Nc6c(F)cccc6F)c5)nc5ccccn45)n3)c(OCC)c2)CC1. The third-order valence-electron chi connectivity index (χ3n) is 9.50. The van der Waals surface area contributed by atoms with Crippen LogP contribution in [0.15, 0.2) is 91.3 Å². The predicted octanol–water partition coefficient (Wildman–Crippen LogP) is 8.73. The van der Waals surface area contributed by atoms with Crippen LogP contribution >= 0.6 is 0 Å². The number of nitrogens with zero attached hydrogens (tertiary/aromatic N) is 5. The number of likely N-dealkylation sites (tertiary alicyclic amines) is 1. The van der Waals surface area contributed by atoms with Crippen LogP contribution in [0.3, 0.4) is 0 Å². The molecular weight excluding hydrogens is 676 g/mol. The number of anilines is 3. The molecule has 0 unspecified atom stereocenters. The van der Waals surface area contributed by atoms with Gasteiger partial charge in [0.1, 0.15) is 34.5 Å². The van der Waals surface area contributed by atoms with Gasteiger partial charge < -0.3 is 25.0 Å². The molecule has 1 fully saturated rings. The van der Waals surface area contributed by atoms with Gasteiger partial charge in [-0.05, 0) is 118 Å². The third-order valence-corrected chi connectivity index (χ3v) is 9.50. The molecule has 4 heterocycles. The number of para-hydroxylation sites is 1. The Kier molecular flexibility index (Phi) is 10.6. The minimum absolute atomic E-state index is 0.0686. The number of nitrogens with one attached hydrogen (secondary N) is 2. The fourth-order valence-electron chi connectivity index (χ4n) is 6.92. The first kappa shape index (κ1) is 35.5. The molecule has 2 N–H and O–H groups in total. The highest BCUT2D eigenvalue weighted by molar-refractivity contribution is 6.07. The van der Waals surface area contributed by atoms with Gasteiger partial charge in [-0.2, -0.15) is 0 Å². The number of halogens is 2. The molecule has 3 aromatic heterocycles. The Morgan fingerprint density at radius 1 is 0.925 bits per heavy atom. The van der Waals surface area contributed by atoms with Gasteiger partial charge in [0.05, 0.1) is 42.0 Å². The molecule has 1 saturated heterocycles. The van der Waals surface area contributed by atoms with Crippen molar-refractivity contribution >= 4 is 28.9 Å². The number of fused-ring (bicyclic) bond motifs is 1. The minimum Gasteiger partial charge on any atom is -0.496 e. The van der Waals surface area contributed by atoms with Crippen LogP contribution in [-0.4, -0.2) is 63.5 Å². The molecular formula is C41H41F2N7O3. The highest BCUT2D eigenvalue weighted by Gasteiger charge is 2.24. The van der Waals surface area contributed by atoms with Crippen molar-refractivity contribution in [3.63, 3.8) is 0 Å². The monoisotopic (exact) mass is 717 g/mol. The molecule has 0 radical (unpaired) electrons. The zero-order valence-electron chi connectivity index (χ0n) is 29.9. The Morgan fingerprint density at radius 3 is 2.49 bits per heavy atom. The summed E-state index contributed by atoms with van der Waals surface area (Å²) < 4.78 is 42.4. The van der Waals surface area contributed by atoms with E-state index in [0.717, 1.165) is 56.0 Å². The number of piperidine rings is 1. The molecule has 3 aromatic carbocycles. The van der Waals surface area contributed by atoms with Gasteiger partial charge >= 0.3 is 0 Å². The minimum atomic E-state index is -0.892. The highest BCUT2D eigenvalue weighted by atomic mass is 19.1. The molecule has 1 aliphatic heterocycles. The molecule has 0 bridgehead atoms. The summed E-state index contributed by atoms with van der Waals surface area (Å²) >= 11 is 0. The number of benzene rings is 3. The van der Waals surface area contributed by atoms with Crippen LogP contribution in [0.2, 0.25) is 0 Å². The second kappa shape index (κ2) is 15.8. The first-order valence-electron chi connectivity index (χ1n) is 17.9. The van der Waals surface area contributed by atoms with Crippen molar-refractivity contribution < 1.29 is 23.0 Å². The molecule has 53 heavy (non-hydrogen) atoms. The number of hydrogen-bond donors (Lipinski definition) is 2. The largest absolute Gasteiger partial charge is 0.496 e.